The average Bonchev–Trinajstić information content (AvgIpc) is 3.14. The minimum absolute atomic E-state index is 0.00571. The van der Waals surface area contributed by atoms with Crippen LogP contribution in [0.5, 0.6) is 0 Å². The van der Waals surface area contributed by atoms with E-state index in [4.69, 9.17) is 20.9 Å². The molecule has 138 valence electrons. The smallest absolute Gasteiger partial charge is 0.316 e. The second-order valence-corrected chi connectivity index (χ2v) is 6.71. The molecule has 3 rings (SSSR count). The van der Waals surface area contributed by atoms with Gasteiger partial charge in [0.2, 0.25) is 5.82 Å². The van der Waals surface area contributed by atoms with Crippen molar-refractivity contribution < 1.29 is 19.0 Å². The van der Waals surface area contributed by atoms with Gasteiger partial charge in [-0.2, -0.15) is 4.98 Å². The number of carbonyl (C=O) groups excluding carboxylic acids is 1. The number of nitrogens with zero attached hydrogens (tertiary/aromatic N) is 3. The zero-order chi connectivity index (χ0) is 19.2. The number of carbonyl (C=O) groups is 1. The Labute approximate surface area is 162 Å². The van der Waals surface area contributed by atoms with Crippen LogP contribution in [0.4, 0.5) is 5.69 Å². The monoisotopic (exact) mass is 405 g/mol. The lowest BCUT2D eigenvalue weighted by Crippen LogP contribution is -2.07. The van der Waals surface area contributed by atoms with Crippen LogP contribution < -0.4 is 0 Å². The van der Waals surface area contributed by atoms with E-state index in [0.717, 1.165) is 4.90 Å². The average molecular weight is 406 g/mol. The second kappa shape index (κ2) is 8.65. The topological polar surface area (TPSA) is 108 Å². The lowest BCUT2D eigenvalue weighted by atomic mass is 10.2. The van der Waals surface area contributed by atoms with Crippen molar-refractivity contribution >= 4 is 35.0 Å². The molecule has 0 amide bonds. The predicted molar refractivity (Wildman–Crippen MR) is 98.4 cm³/mol. The van der Waals surface area contributed by atoms with Crippen LogP contribution in [0.3, 0.4) is 0 Å². The Morgan fingerprint density at radius 2 is 2.04 bits per heavy atom. The number of thioether (sulfide) groups is 1. The Hall–Kier alpha value is -2.91. The SMILES string of the molecule is O=C(CSc1ccc([N+](=O)[O-])cc1)OCc1nc(-c2cccc(Cl)c2)no1. The minimum atomic E-state index is -0.481. The van der Waals surface area contributed by atoms with Gasteiger partial charge in [0, 0.05) is 27.6 Å². The Morgan fingerprint density at radius 1 is 1.26 bits per heavy atom. The molecule has 1 heterocycles. The fourth-order valence-electron chi connectivity index (χ4n) is 2.05. The molecule has 0 bridgehead atoms. The van der Waals surface area contributed by atoms with Crippen LogP contribution in [-0.4, -0.2) is 26.8 Å². The van der Waals surface area contributed by atoms with Crippen molar-refractivity contribution in [2.24, 2.45) is 0 Å². The predicted octanol–water partition coefficient (Wildman–Crippen LogP) is 4.13. The van der Waals surface area contributed by atoms with E-state index in [1.807, 2.05) is 0 Å². The largest absolute Gasteiger partial charge is 0.455 e. The van der Waals surface area contributed by atoms with Gasteiger partial charge in [-0.1, -0.05) is 28.9 Å². The van der Waals surface area contributed by atoms with Crippen molar-refractivity contribution in [3.63, 3.8) is 0 Å². The number of halogens is 1. The molecule has 10 heteroatoms. The van der Waals surface area contributed by atoms with E-state index in [9.17, 15) is 14.9 Å². The van der Waals surface area contributed by atoms with Gasteiger partial charge in [0.25, 0.3) is 11.6 Å². The highest BCUT2D eigenvalue weighted by Crippen LogP contribution is 2.22. The summed E-state index contributed by atoms with van der Waals surface area (Å²) in [5.74, 6) is 0.0935. The molecular weight excluding hydrogens is 394 g/mol. The molecule has 0 aliphatic heterocycles. The molecule has 0 radical (unpaired) electrons. The van der Waals surface area contributed by atoms with E-state index >= 15 is 0 Å². The van der Waals surface area contributed by atoms with Gasteiger partial charge in [-0.25, -0.2) is 0 Å². The third-order valence-electron chi connectivity index (χ3n) is 3.31. The molecule has 0 atom stereocenters. The van der Waals surface area contributed by atoms with Gasteiger partial charge in [0.15, 0.2) is 6.61 Å². The molecule has 0 saturated heterocycles. The lowest BCUT2D eigenvalue weighted by Gasteiger charge is -2.02. The lowest BCUT2D eigenvalue weighted by molar-refractivity contribution is -0.384. The van der Waals surface area contributed by atoms with E-state index in [-0.39, 0.29) is 23.9 Å². The molecule has 0 aliphatic carbocycles. The van der Waals surface area contributed by atoms with Gasteiger partial charge in [-0.05, 0) is 24.3 Å². The summed E-state index contributed by atoms with van der Waals surface area (Å²) in [6.45, 7) is -0.146. The Kier molecular flexibility index (Phi) is 6.05. The van der Waals surface area contributed by atoms with Crippen LogP contribution in [0.1, 0.15) is 5.89 Å². The van der Waals surface area contributed by atoms with E-state index in [1.165, 1.54) is 23.9 Å². The fourth-order valence-corrected chi connectivity index (χ4v) is 2.94. The fraction of sp³-hybridized carbons (Fsp3) is 0.118. The summed E-state index contributed by atoms with van der Waals surface area (Å²) >= 11 is 7.13. The Balaban J connectivity index is 1.48. The van der Waals surface area contributed by atoms with Gasteiger partial charge in [0.05, 0.1) is 10.7 Å². The summed E-state index contributed by atoms with van der Waals surface area (Å²) in [7, 11) is 0. The first kappa shape index (κ1) is 18.9. The number of aromatic nitrogens is 2. The third kappa shape index (κ3) is 5.28. The van der Waals surface area contributed by atoms with Crippen molar-refractivity contribution in [3.05, 3.63) is 69.6 Å². The molecule has 27 heavy (non-hydrogen) atoms. The molecule has 3 aromatic rings. The maximum atomic E-state index is 11.8. The quantitative estimate of drug-likeness (QED) is 0.250. The zero-order valence-corrected chi connectivity index (χ0v) is 15.3. The normalized spacial score (nSPS) is 10.6. The number of rotatable bonds is 7. The molecular formula is C17H12ClN3O5S. The highest BCUT2D eigenvalue weighted by molar-refractivity contribution is 8.00. The number of ether oxygens (including phenoxy) is 1. The molecule has 2 aromatic carbocycles. The van der Waals surface area contributed by atoms with Crippen LogP contribution in [0.2, 0.25) is 5.02 Å². The second-order valence-electron chi connectivity index (χ2n) is 5.22. The van der Waals surface area contributed by atoms with Gasteiger partial charge in [-0.15, -0.1) is 11.8 Å². The molecule has 1 aromatic heterocycles. The molecule has 8 nitrogen and oxygen atoms in total. The Bertz CT molecular complexity index is 961. The van der Waals surface area contributed by atoms with E-state index in [0.29, 0.717) is 16.4 Å². The van der Waals surface area contributed by atoms with Crippen LogP contribution >= 0.6 is 23.4 Å². The van der Waals surface area contributed by atoms with E-state index in [2.05, 4.69) is 10.1 Å². The maximum Gasteiger partial charge on any atom is 0.316 e. The number of hydrogen-bond acceptors (Lipinski definition) is 8. The summed E-state index contributed by atoms with van der Waals surface area (Å²) in [5, 5.41) is 15.0. The first-order valence-electron chi connectivity index (χ1n) is 7.62. The van der Waals surface area contributed by atoms with Crippen molar-refractivity contribution in [2.45, 2.75) is 11.5 Å². The molecule has 0 aliphatic rings. The molecule has 0 spiro atoms. The first-order valence-corrected chi connectivity index (χ1v) is 8.99. The summed E-state index contributed by atoms with van der Waals surface area (Å²) in [5.41, 5.74) is 0.686. The van der Waals surface area contributed by atoms with Gasteiger partial charge in [0.1, 0.15) is 0 Å². The van der Waals surface area contributed by atoms with Crippen molar-refractivity contribution in [1.82, 2.24) is 10.1 Å². The number of nitro benzene ring substituents is 1. The van der Waals surface area contributed by atoms with Crippen LogP contribution in [0, 0.1) is 10.1 Å². The van der Waals surface area contributed by atoms with Crippen LogP contribution in [0.15, 0.2) is 57.9 Å². The van der Waals surface area contributed by atoms with Gasteiger partial charge < -0.3 is 9.26 Å². The summed E-state index contributed by atoms with van der Waals surface area (Å²) in [4.78, 5) is 26.8. The minimum Gasteiger partial charge on any atom is -0.455 e. The maximum absolute atomic E-state index is 11.8. The molecule has 0 unspecified atom stereocenters. The summed E-state index contributed by atoms with van der Waals surface area (Å²) < 4.78 is 10.2. The number of benzene rings is 2. The number of nitro groups is 1. The number of hydrogen-bond donors (Lipinski definition) is 0. The molecule has 0 fully saturated rings. The highest BCUT2D eigenvalue weighted by atomic mass is 35.5. The number of non-ortho nitro benzene ring substituents is 1. The van der Waals surface area contributed by atoms with Gasteiger partial charge >= 0.3 is 5.97 Å². The Morgan fingerprint density at radius 3 is 2.74 bits per heavy atom. The van der Waals surface area contributed by atoms with E-state index in [1.54, 1.807) is 36.4 Å². The van der Waals surface area contributed by atoms with Crippen molar-refractivity contribution in [3.8, 4) is 11.4 Å². The van der Waals surface area contributed by atoms with Crippen LogP contribution in [-0.2, 0) is 16.1 Å². The first-order chi connectivity index (χ1) is 13.0. The van der Waals surface area contributed by atoms with E-state index < -0.39 is 10.9 Å². The standard InChI is InChI=1S/C17H12ClN3O5S/c18-12-3-1-2-11(8-12)17-19-15(26-20-17)9-25-16(22)10-27-14-6-4-13(5-7-14)21(23)24/h1-8H,9-10H2. The number of esters is 1. The molecule has 0 N–H and O–H groups in total. The third-order valence-corrected chi connectivity index (χ3v) is 4.53. The summed E-state index contributed by atoms with van der Waals surface area (Å²) in [6.07, 6.45) is 0. The molecule has 0 saturated carbocycles. The zero-order valence-electron chi connectivity index (χ0n) is 13.7. The van der Waals surface area contributed by atoms with Crippen molar-refractivity contribution in [1.29, 1.82) is 0 Å². The summed E-state index contributed by atoms with van der Waals surface area (Å²) in [6, 6.07) is 12.9. The van der Waals surface area contributed by atoms with Crippen molar-refractivity contribution in [2.75, 3.05) is 5.75 Å². The van der Waals surface area contributed by atoms with Crippen LogP contribution in [0.25, 0.3) is 11.4 Å². The van der Waals surface area contributed by atoms with Gasteiger partial charge in [-0.3, -0.25) is 14.9 Å². The highest BCUT2D eigenvalue weighted by Gasteiger charge is 2.12.